The molecule has 1 fully saturated rings. The minimum atomic E-state index is 0.00823. The highest BCUT2D eigenvalue weighted by molar-refractivity contribution is 6.30. The van der Waals surface area contributed by atoms with Crippen LogP contribution in [0.3, 0.4) is 0 Å². The summed E-state index contributed by atoms with van der Waals surface area (Å²) in [4.78, 5) is 14.4. The molecular formula is C19H23ClN4O. The first-order chi connectivity index (χ1) is 12.0. The quantitative estimate of drug-likeness (QED) is 0.908. The van der Waals surface area contributed by atoms with E-state index in [4.69, 9.17) is 11.6 Å². The predicted octanol–water partition coefficient (Wildman–Crippen LogP) is 3.54. The third kappa shape index (κ3) is 4.48. The van der Waals surface area contributed by atoms with Gasteiger partial charge in [0.2, 0.25) is 5.91 Å². The molecule has 3 rings (SSSR count). The molecule has 1 aliphatic rings. The average molecular weight is 359 g/mol. The first kappa shape index (κ1) is 17.7. The van der Waals surface area contributed by atoms with E-state index in [1.807, 2.05) is 50.2 Å². The van der Waals surface area contributed by atoms with Crippen molar-refractivity contribution >= 4 is 23.3 Å². The standard InChI is InChI=1S/C19H23ClN4O/c1-13(2)21-19(25)15-4-3-11-24(12-15)18-10-9-17(22-23-18)14-5-7-16(20)8-6-14/h5-10,13,15H,3-4,11-12H2,1-2H3,(H,21,25)/t15-/m0/s1. The third-order valence-corrected chi connectivity index (χ3v) is 4.59. The molecule has 1 aromatic heterocycles. The smallest absolute Gasteiger partial charge is 0.225 e. The zero-order valence-corrected chi connectivity index (χ0v) is 15.3. The number of nitrogens with one attached hydrogen (secondary N) is 1. The number of rotatable bonds is 4. The Morgan fingerprint density at radius 1 is 1.20 bits per heavy atom. The van der Waals surface area contributed by atoms with Gasteiger partial charge in [0.1, 0.15) is 0 Å². The summed E-state index contributed by atoms with van der Waals surface area (Å²) in [6, 6.07) is 11.6. The highest BCUT2D eigenvalue weighted by atomic mass is 35.5. The number of anilines is 1. The summed E-state index contributed by atoms with van der Waals surface area (Å²) in [5.41, 5.74) is 1.79. The number of amides is 1. The lowest BCUT2D eigenvalue weighted by atomic mass is 9.97. The molecule has 0 bridgehead atoms. The maximum Gasteiger partial charge on any atom is 0.225 e. The van der Waals surface area contributed by atoms with E-state index in [1.54, 1.807) is 0 Å². The van der Waals surface area contributed by atoms with E-state index in [9.17, 15) is 4.79 Å². The minimum absolute atomic E-state index is 0.00823. The Kier molecular flexibility index (Phi) is 5.53. The lowest BCUT2D eigenvalue weighted by molar-refractivity contribution is -0.125. The molecule has 0 aliphatic carbocycles. The van der Waals surface area contributed by atoms with Crippen LogP contribution >= 0.6 is 11.6 Å². The first-order valence-corrected chi connectivity index (χ1v) is 9.05. The molecule has 1 aliphatic heterocycles. The number of nitrogens with zero attached hydrogens (tertiary/aromatic N) is 3. The molecule has 0 unspecified atom stereocenters. The maximum absolute atomic E-state index is 12.3. The van der Waals surface area contributed by atoms with Crippen molar-refractivity contribution in [1.29, 1.82) is 0 Å². The predicted molar refractivity (Wildman–Crippen MR) is 101 cm³/mol. The van der Waals surface area contributed by atoms with Crippen LogP contribution in [-0.2, 0) is 4.79 Å². The SMILES string of the molecule is CC(C)NC(=O)[C@H]1CCCN(c2ccc(-c3ccc(Cl)cc3)nn2)C1. The van der Waals surface area contributed by atoms with Crippen molar-refractivity contribution in [2.24, 2.45) is 5.92 Å². The number of halogens is 1. The van der Waals surface area contributed by atoms with E-state index in [1.165, 1.54) is 0 Å². The summed E-state index contributed by atoms with van der Waals surface area (Å²) in [5.74, 6) is 0.957. The fourth-order valence-corrected chi connectivity index (χ4v) is 3.20. The van der Waals surface area contributed by atoms with Gasteiger partial charge >= 0.3 is 0 Å². The normalized spacial score (nSPS) is 17.6. The number of piperidine rings is 1. The van der Waals surface area contributed by atoms with Gasteiger partial charge in [-0.05, 0) is 51.0 Å². The van der Waals surface area contributed by atoms with Crippen LogP contribution in [-0.4, -0.2) is 35.2 Å². The summed E-state index contributed by atoms with van der Waals surface area (Å²) in [5, 5.41) is 12.4. The Balaban J connectivity index is 1.69. The van der Waals surface area contributed by atoms with Gasteiger partial charge in [0, 0.05) is 29.7 Å². The van der Waals surface area contributed by atoms with Gasteiger partial charge in [-0.15, -0.1) is 10.2 Å². The minimum Gasteiger partial charge on any atom is -0.354 e. The molecule has 1 atom stereocenters. The fourth-order valence-electron chi connectivity index (χ4n) is 3.07. The monoisotopic (exact) mass is 358 g/mol. The topological polar surface area (TPSA) is 58.1 Å². The zero-order valence-electron chi connectivity index (χ0n) is 14.6. The van der Waals surface area contributed by atoms with Gasteiger partial charge in [-0.1, -0.05) is 23.7 Å². The van der Waals surface area contributed by atoms with Crippen molar-refractivity contribution in [3.05, 3.63) is 41.4 Å². The van der Waals surface area contributed by atoms with E-state index in [2.05, 4.69) is 20.4 Å². The largest absolute Gasteiger partial charge is 0.354 e. The molecule has 1 amide bonds. The number of carbonyl (C=O) groups excluding carboxylic acids is 1. The number of hydrogen-bond acceptors (Lipinski definition) is 4. The highest BCUT2D eigenvalue weighted by Crippen LogP contribution is 2.24. The number of hydrogen-bond donors (Lipinski definition) is 1. The van der Waals surface area contributed by atoms with Gasteiger partial charge in [0.15, 0.2) is 5.82 Å². The van der Waals surface area contributed by atoms with E-state index >= 15 is 0 Å². The lowest BCUT2D eigenvalue weighted by Gasteiger charge is -2.32. The Bertz CT molecular complexity index is 715. The van der Waals surface area contributed by atoms with Gasteiger partial charge in [-0.3, -0.25) is 4.79 Å². The summed E-state index contributed by atoms with van der Waals surface area (Å²) >= 11 is 5.92. The van der Waals surface area contributed by atoms with Crippen LogP contribution in [0.25, 0.3) is 11.3 Å². The number of carbonyl (C=O) groups is 1. The molecule has 132 valence electrons. The molecule has 0 saturated carbocycles. The maximum atomic E-state index is 12.3. The van der Waals surface area contributed by atoms with Gasteiger partial charge < -0.3 is 10.2 Å². The van der Waals surface area contributed by atoms with Crippen LogP contribution in [0.1, 0.15) is 26.7 Å². The van der Waals surface area contributed by atoms with Crippen LogP contribution in [0, 0.1) is 5.92 Å². The van der Waals surface area contributed by atoms with Crippen LogP contribution in [0.5, 0.6) is 0 Å². The van der Waals surface area contributed by atoms with Gasteiger partial charge in [0.25, 0.3) is 0 Å². The van der Waals surface area contributed by atoms with E-state index in [0.29, 0.717) is 11.6 Å². The number of benzene rings is 1. The molecule has 0 spiro atoms. The van der Waals surface area contributed by atoms with Crippen LogP contribution in [0.15, 0.2) is 36.4 Å². The van der Waals surface area contributed by atoms with Crippen LogP contribution in [0.4, 0.5) is 5.82 Å². The summed E-state index contributed by atoms with van der Waals surface area (Å²) in [6.45, 7) is 5.56. The average Bonchev–Trinajstić information content (AvgIpc) is 2.62. The van der Waals surface area contributed by atoms with E-state index in [0.717, 1.165) is 36.5 Å². The Morgan fingerprint density at radius 3 is 2.60 bits per heavy atom. The third-order valence-electron chi connectivity index (χ3n) is 4.34. The Labute approximate surface area is 153 Å². The molecule has 1 N–H and O–H groups in total. The molecular weight excluding hydrogens is 336 g/mol. The summed E-state index contributed by atoms with van der Waals surface area (Å²) in [6.07, 6.45) is 1.90. The second-order valence-electron chi connectivity index (χ2n) is 6.73. The summed E-state index contributed by atoms with van der Waals surface area (Å²) < 4.78 is 0. The van der Waals surface area contributed by atoms with E-state index < -0.39 is 0 Å². The number of aromatic nitrogens is 2. The van der Waals surface area contributed by atoms with E-state index in [-0.39, 0.29) is 17.9 Å². The van der Waals surface area contributed by atoms with Crippen molar-refractivity contribution in [2.75, 3.05) is 18.0 Å². The molecule has 0 radical (unpaired) electrons. The Morgan fingerprint density at radius 2 is 1.96 bits per heavy atom. The molecule has 1 saturated heterocycles. The fraction of sp³-hybridized carbons (Fsp3) is 0.421. The van der Waals surface area contributed by atoms with Crippen LogP contribution in [0.2, 0.25) is 5.02 Å². The molecule has 1 aromatic carbocycles. The van der Waals surface area contributed by atoms with Crippen molar-refractivity contribution in [2.45, 2.75) is 32.7 Å². The van der Waals surface area contributed by atoms with Crippen molar-refractivity contribution in [3.8, 4) is 11.3 Å². The molecule has 6 heteroatoms. The Hall–Kier alpha value is -2.14. The lowest BCUT2D eigenvalue weighted by Crippen LogP contribution is -2.45. The second kappa shape index (κ2) is 7.83. The van der Waals surface area contributed by atoms with Gasteiger partial charge in [0.05, 0.1) is 11.6 Å². The molecule has 2 aromatic rings. The molecule has 2 heterocycles. The van der Waals surface area contributed by atoms with Gasteiger partial charge in [-0.2, -0.15) is 0 Å². The summed E-state index contributed by atoms with van der Waals surface area (Å²) in [7, 11) is 0. The highest BCUT2D eigenvalue weighted by Gasteiger charge is 2.26. The van der Waals surface area contributed by atoms with Crippen molar-refractivity contribution < 1.29 is 4.79 Å². The van der Waals surface area contributed by atoms with Crippen molar-refractivity contribution in [3.63, 3.8) is 0 Å². The zero-order chi connectivity index (χ0) is 17.8. The first-order valence-electron chi connectivity index (χ1n) is 8.68. The van der Waals surface area contributed by atoms with Gasteiger partial charge in [-0.25, -0.2) is 0 Å². The molecule has 5 nitrogen and oxygen atoms in total. The van der Waals surface area contributed by atoms with Crippen LogP contribution < -0.4 is 10.2 Å². The van der Waals surface area contributed by atoms with Crippen molar-refractivity contribution in [1.82, 2.24) is 15.5 Å². The molecule has 25 heavy (non-hydrogen) atoms. The second-order valence-corrected chi connectivity index (χ2v) is 7.17.